The number of nitrogens with zero attached hydrogens (tertiary/aromatic N) is 6. The molecule has 11 nitrogen and oxygen atoms in total. The molecular formula is C32H40N8O3S. The number of rotatable bonds is 8. The molecule has 0 atom stereocenters. The lowest BCUT2D eigenvalue weighted by Gasteiger charge is -2.31. The van der Waals surface area contributed by atoms with Gasteiger partial charge in [-0.2, -0.15) is 5.26 Å². The average Bonchev–Trinajstić information content (AvgIpc) is 2.98. The van der Waals surface area contributed by atoms with Crippen molar-refractivity contribution in [1.82, 2.24) is 14.5 Å². The molecule has 1 aliphatic rings. The zero-order valence-electron chi connectivity index (χ0n) is 26.1. The molecule has 1 saturated carbocycles. The molecule has 4 rings (SSSR count). The van der Waals surface area contributed by atoms with Crippen LogP contribution in [0.5, 0.6) is 0 Å². The Kier molecular flexibility index (Phi) is 10.0. The van der Waals surface area contributed by atoms with Gasteiger partial charge in [0.05, 0.1) is 22.6 Å². The van der Waals surface area contributed by atoms with Crippen LogP contribution in [0.2, 0.25) is 0 Å². The first kappa shape index (κ1) is 32.6. The molecule has 0 aliphatic heterocycles. The van der Waals surface area contributed by atoms with Crippen LogP contribution in [0.3, 0.4) is 0 Å². The first-order valence-electron chi connectivity index (χ1n) is 14.6. The average molecular weight is 617 g/mol. The van der Waals surface area contributed by atoms with Crippen LogP contribution in [0.15, 0.2) is 62.1 Å². The molecule has 44 heavy (non-hydrogen) atoms. The van der Waals surface area contributed by atoms with Gasteiger partial charge < -0.3 is 10.2 Å². The summed E-state index contributed by atoms with van der Waals surface area (Å²) in [5.41, 5.74) is 2.32. The molecule has 3 aromatic rings. The third-order valence-electron chi connectivity index (χ3n) is 7.91. The minimum atomic E-state index is -3.98. The van der Waals surface area contributed by atoms with Crippen molar-refractivity contribution in [2.75, 3.05) is 24.1 Å². The highest BCUT2D eigenvalue weighted by atomic mass is 32.2. The largest absolute Gasteiger partial charge is 0.310 e. The van der Waals surface area contributed by atoms with E-state index in [4.69, 9.17) is 10.3 Å². The molecule has 0 amide bonds. The Morgan fingerprint density at radius 2 is 1.82 bits per heavy atom. The lowest BCUT2D eigenvalue weighted by molar-refractivity contribution is 0.217. The van der Waals surface area contributed by atoms with Gasteiger partial charge in [0.1, 0.15) is 11.6 Å². The van der Waals surface area contributed by atoms with Gasteiger partial charge >= 0.3 is 0 Å². The van der Waals surface area contributed by atoms with Crippen LogP contribution in [-0.4, -0.2) is 61.7 Å². The van der Waals surface area contributed by atoms with Crippen LogP contribution in [-0.2, 0) is 10.0 Å². The van der Waals surface area contributed by atoms with E-state index in [1.165, 1.54) is 30.3 Å². The maximum absolute atomic E-state index is 13.9. The highest BCUT2D eigenvalue weighted by molar-refractivity contribution is 7.92. The van der Waals surface area contributed by atoms with E-state index < -0.39 is 10.0 Å². The molecule has 0 unspecified atom stereocenters. The van der Waals surface area contributed by atoms with Crippen LogP contribution in [0.1, 0.15) is 62.4 Å². The lowest BCUT2D eigenvalue weighted by Crippen LogP contribution is -2.34. The number of nitrogens with one attached hydrogen (secondary N) is 2. The predicted octanol–water partition coefficient (Wildman–Crippen LogP) is 5.12. The van der Waals surface area contributed by atoms with Gasteiger partial charge in [-0.3, -0.25) is 14.1 Å². The molecule has 2 heterocycles. The summed E-state index contributed by atoms with van der Waals surface area (Å²) < 4.78 is 30.0. The Balaban J connectivity index is 1.63. The van der Waals surface area contributed by atoms with Crippen molar-refractivity contribution in [3.05, 3.63) is 69.6 Å². The normalized spacial score (nSPS) is 17.4. The van der Waals surface area contributed by atoms with Crippen LogP contribution < -0.4 is 15.6 Å². The summed E-state index contributed by atoms with van der Waals surface area (Å²) in [4.78, 5) is 29.6. The van der Waals surface area contributed by atoms with Crippen molar-refractivity contribution >= 4 is 34.3 Å². The molecular weight excluding hydrogens is 576 g/mol. The van der Waals surface area contributed by atoms with Crippen LogP contribution in [0, 0.1) is 25.2 Å². The summed E-state index contributed by atoms with van der Waals surface area (Å²) in [7, 11) is 0.239. The summed E-state index contributed by atoms with van der Waals surface area (Å²) in [6.45, 7) is 11.2. The number of aliphatic imine (C=N–C) groups is 2. The maximum Gasteiger partial charge on any atom is 0.263 e. The Hall–Kier alpha value is -4.34. The Labute approximate surface area is 259 Å². The number of aryl methyl sites for hydroxylation is 2. The number of hydrogen-bond acceptors (Lipinski definition) is 7. The van der Waals surface area contributed by atoms with Gasteiger partial charge in [0, 0.05) is 28.9 Å². The molecule has 1 aromatic carbocycles. The minimum absolute atomic E-state index is 0.0446. The monoisotopic (exact) mass is 616 g/mol. The fourth-order valence-corrected chi connectivity index (χ4v) is 6.59. The zero-order valence-corrected chi connectivity index (χ0v) is 26.9. The van der Waals surface area contributed by atoms with Crippen LogP contribution in [0.4, 0.5) is 11.6 Å². The third-order valence-corrected chi connectivity index (χ3v) is 9.26. The molecule has 1 aliphatic carbocycles. The summed E-state index contributed by atoms with van der Waals surface area (Å²) in [5.74, 6) is 1.08. The number of nitriles is 1. The highest BCUT2D eigenvalue weighted by Crippen LogP contribution is 2.28. The number of hydrogen-bond donors (Lipinski definition) is 2. The molecule has 0 spiro atoms. The zero-order chi connectivity index (χ0) is 32.2. The molecule has 0 radical (unpaired) electrons. The molecule has 2 N–H and O–H groups in total. The van der Waals surface area contributed by atoms with E-state index in [1.807, 2.05) is 26.8 Å². The van der Waals surface area contributed by atoms with Crippen molar-refractivity contribution in [3.8, 4) is 17.2 Å². The second-order valence-corrected chi connectivity index (χ2v) is 13.3. The van der Waals surface area contributed by atoms with Gasteiger partial charge in [0.2, 0.25) is 5.96 Å². The topological polar surface area (TPSA) is 145 Å². The molecule has 12 heteroatoms. The molecule has 232 valence electrons. The Morgan fingerprint density at radius 1 is 1.11 bits per heavy atom. The number of sulfonamides is 1. The van der Waals surface area contributed by atoms with E-state index in [9.17, 15) is 13.2 Å². The SMILES string of the molecule is C=NC(=NC1CCC(N(C)C)CC1)Nc1c(C)cc(-c2ccc(NS(=O)(=O)c3cccc(C#N)c3)nc2C)c(=O)n1C(C)C. The second-order valence-electron chi connectivity index (χ2n) is 11.6. The smallest absolute Gasteiger partial charge is 0.263 e. The quantitative estimate of drug-likeness (QED) is 0.264. The van der Waals surface area contributed by atoms with Crippen LogP contribution in [0.25, 0.3) is 11.1 Å². The first-order valence-corrected chi connectivity index (χ1v) is 16.1. The van der Waals surface area contributed by atoms with Crippen molar-refractivity contribution in [2.45, 2.75) is 76.4 Å². The number of anilines is 2. The molecule has 1 fully saturated rings. The highest BCUT2D eigenvalue weighted by Gasteiger charge is 2.24. The van der Waals surface area contributed by atoms with E-state index in [1.54, 1.807) is 23.6 Å². The fourth-order valence-electron chi connectivity index (χ4n) is 5.54. The first-order chi connectivity index (χ1) is 20.8. The van der Waals surface area contributed by atoms with Gasteiger partial charge in [-0.1, -0.05) is 6.07 Å². The number of pyridine rings is 2. The maximum atomic E-state index is 13.9. The lowest BCUT2D eigenvalue weighted by atomic mass is 9.91. The summed E-state index contributed by atoms with van der Waals surface area (Å²) in [6.07, 6.45) is 4.06. The Bertz CT molecular complexity index is 1780. The second kappa shape index (κ2) is 13.5. The number of guanidine groups is 1. The minimum Gasteiger partial charge on any atom is -0.310 e. The van der Waals surface area contributed by atoms with Crippen LogP contribution >= 0.6 is 0 Å². The number of aromatic nitrogens is 2. The third kappa shape index (κ3) is 7.23. The Morgan fingerprint density at radius 3 is 2.41 bits per heavy atom. The van der Waals surface area contributed by atoms with E-state index in [0.29, 0.717) is 34.6 Å². The standard InChI is InChI=1S/C32H40N8O3S/c1-20(2)40-30(37-32(34-5)36-24-11-13-25(14-12-24)39(6)7)21(3)17-28(31(40)41)27-15-16-29(35-22(27)4)38-44(42,43)26-10-8-9-23(18-26)19-33/h8-10,15-18,20,24-25H,5,11-14H2,1-4,6-7H3,(H,35,38)(H,36,37). The summed E-state index contributed by atoms with van der Waals surface area (Å²) in [5, 5.41) is 12.4. The van der Waals surface area contributed by atoms with Gasteiger partial charge in [0.15, 0.2) is 0 Å². The summed E-state index contributed by atoms with van der Waals surface area (Å²) >= 11 is 0. The number of benzene rings is 1. The van der Waals surface area contributed by atoms with Crippen molar-refractivity contribution in [1.29, 1.82) is 5.26 Å². The predicted molar refractivity (Wildman–Crippen MR) is 176 cm³/mol. The van der Waals surface area contributed by atoms with E-state index in [-0.39, 0.29) is 33.9 Å². The van der Waals surface area contributed by atoms with Gasteiger partial charge in [-0.25, -0.2) is 23.4 Å². The van der Waals surface area contributed by atoms with E-state index >= 15 is 0 Å². The van der Waals surface area contributed by atoms with Gasteiger partial charge in [-0.05, 0) is 116 Å². The van der Waals surface area contributed by atoms with E-state index in [0.717, 1.165) is 31.2 Å². The molecule has 0 saturated heterocycles. The van der Waals surface area contributed by atoms with Gasteiger partial charge in [-0.15, -0.1) is 0 Å². The fraction of sp³-hybridized carbons (Fsp3) is 0.406. The molecule has 2 aromatic heterocycles. The van der Waals surface area contributed by atoms with Gasteiger partial charge in [0.25, 0.3) is 15.6 Å². The van der Waals surface area contributed by atoms with E-state index in [2.05, 4.69) is 45.7 Å². The van der Waals surface area contributed by atoms with Crippen molar-refractivity contribution < 1.29 is 8.42 Å². The summed E-state index contributed by atoms with van der Waals surface area (Å²) in [6, 6.07) is 13.2. The van der Waals surface area contributed by atoms with Crippen molar-refractivity contribution in [3.63, 3.8) is 0 Å². The molecule has 0 bridgehead atoms. The van der Waals surface area contributed by atoms with Crippen molar-refractivity contribution in [2.24, 2.45) is 9.98 Å².